The molecule has 0 fully saturated rings. The molecular weight excluding hydrogens is 380 g/mol. The van der Waals surface area contributed by atoms with Crippen LogP contribution in [0.15, 0.2) is 63.4 Å². The summed E-state index contributed by atoms with van der Waals surface area (Å²) in [7, 11) is 0. The molecule has 0 spiro atoms. The van der Waals surface area contributed by atoms with Crippen molar-refractivity contribution in [2.45, 2.75) is 18.6 Å². The highest BCUT2D eigenvalue weighted by Crippen LogP contribution is 2.26. The number of para-hydroxylation sites is 1. The minimum Gasteiger partial charge on any atom is -0.453 e. The summed E-state index contributed by atoms with van der Waals surface area (Å²) < 4.78 is 7.18. The second-order valence-electron chi connectivity index (χ2n) is 6.04. The average Bonchev–Trinajstić information content (AvgIpc) is 3.25. The molecule has 0 aliphatic rings. The zero-order chi connectivity index (χ0) is 19.0. The van der Waals surface area contributed by atoms with E-state index in [0.717, 1.165) is 10.3 Å². The lowest BCUT2D eigenvalue weighted by Crippen LogP contribution is -2.22. The van der Waals surface area contributed by atoms with E-state index in [1.165, 1.54) is 23.1 Å². The molecule has 0 aliphatic carbocycles. The van der Waals surface area contributed by atoms with Crippen LogP contribution in [0.2, 0.25) is 0 Å². The van der Waals surface area contributed by atoms with Crippen LogP contribution in [-0.4, -0.2) is 21.1 Å². The third-order valence-corrected chi connectivity index (χ3v) is 6.00. The van der Waals surface area contributed by atoms with Crippen molar-refractivity contribution in [2.24, 2.45) is 0 Å². The van der Waals surface area contributed by atoms with Crippen molar-refractivity contribution in [2.75, 3.05) is 5.75 Å². The molecule has 1 aromatic carbocycles. The Morgan fingerprint density at radius 1 is 1.37 bits per heavy atom. The number of benzene rings is 1. The maximum Gasteiger partial charge on any atom is 0.263 e. The van der Waals surface area contributed by atoms with Crippen molar-refractivity contribution in [1.82, 2.24) is 9.55 Å². The normalized spacial score (nSPS) is 11.3. The van der Waals surface area contributed by atoms with Crippen LogP contribution in [0, 0.1) is 6.92 Å². The first-order chi connectivity index (χ1) is 13.1. The Morgan fingerprint density at radius 2 is 2.19 bits per heavy atom. The number of thiophene rings is 1. The predicted octanol–water partition coefficient (Wildman–Crippen LogP) is 4.67. The van der Waals surface area contributed by atoms with Gasteiger partial charge in [0.15, 0.2) is 10.9 Å². The molecule has 7 heteroatoms. The van der Waals surface area contributed by atoms with E-state index >= 15 is 0 Å². The topological polar surface area (TPSA) is 65.1 Å². The predicted molar refractivity (Wildman–Crippen MR) is 110 cm³/mol. The first-order valence-electron chi connectivity index (χ1n) is 8.33. The lowest BCUT2D eigenvalue weighted by atomic mass is 10.2. The van der Waals surface area contributed by atoms with Crippen molar-refractivity contribution in [3.63, 3.8) is 0 Å². The molecular formula is C20H16N2O3S2. The Labute approximate surface area is 163 Å². The van der Waals surface area contributed by atoms with Gasteiger partial charge in [0.1, 0.15) is 10.4 Å². The number of thioether (sulfide) groups is 1. The van der Waals surface area contributed by atoms with Gasteiger partial charge in [0.2, 0.25) is 5.78 Å². The minimum absolute atomic E-state index is 0.108. The van der Waals surface area contributed by atoms with E-state index in [0.29, 0.717) is 33.3 Å². The largest absolute Gasteiger partial charge is 0.453 e. The maximum absolute atomic E-state index is 12.7. The lowest BCUT2D eigenvalue weighted by molar-refractivity contribution is 0.0994. The number of hydrogen-bond donors (Lipinski definition) is 0. The fourth-order valence-electron chi connectivity index (χ4n) is 2.84. The molecule has 27 heavy (non-hydrogen) atoms. The summed E-state index contributed by atoms with van der Waals surface area (Å²) in [6, 6.07) is 11.1. The van der Waals surface area contributed by atoms with E-state index in [1.807, 2.05) is 37.3 Å². The van der Waals surface area contributed by atoms with E-state index in [9.17, 15) is 9.59 Å². The fourth-order valence-corrected chi connectivity index (χ4v) is 4.64. The van der Waals surface area contributed by atoms with Gasteiger partial charge in [-0.05, 0) is 25.1 Å². The SMILES string of the molecule is C=CCn1c(SCC(=O)c2cc3ccccc3o2)nc2sc(C)cc2c1=O. The van der Waals surface area contributed by atoms with Gasteiger partial charge in [0.25, 0.3) is 5.56 Å². The first-order valence-corrected chi connectivity index (χ1v) is 10.1. The molecule has 0 atom stereocenters. The highest BCUT2D eigenvalue weighted by Gasteiger charge is 2.17. The second-order valence-corrected chi connectivity index (χ2v) is 8.21. The lowest BCUT2D eigenvalue weighted by Gasteiger charge is -2.09. The van der Waals surface area contributed by atoms with Crippen LogP contribution in [0.5, 0.6) is 0 Å². The summed E-state index contributed by atoms with van der Waals surface area (Å²) in [6.45, 7) is 6.01. The number of nitrogens with zero attached hydrogens (tertiary/aromatic N) is 2. The van der Waals surface area contributed by atoms with Crippen LogP contribution in [0.4, 0.5) is 0 Å². The zero-order valence-corrected chi connectivity index (χ0v) is 16.2. The second kappa shape index (κ2) is 7.17. The van der Waals surface area contributed by atoms with Crippen molar-refractivity contribution in [3.05, 3.63) is 70.0 Å². The van der Waals surface area contributed by atoms with Gasteiger partial charge in [-0.25, -0.2) is 4.98 Å². The van der Waals surface area contributed by atoms with E-state index in [4.69, 9.17) is 4.42 Å². The molecule has 136 valence electrons. The van der Waals surface area contributed by atoms with Crippen LogP contribution in [-0.2, 0) is 6.54 Å². The minimum atomic E-state index is -0.141. The summed E-state index contributed by atoms with van der Waals surface area (Å²) in [5, 5.41) is 2.01. The number of furan rings is 1. The Bertz CT molecular complexity index is 1200. The zero-order valence-electron chi connectivity index (χ0n) is 14.6. The number of carbonyl (C=O) groups is 1. The van der Waals surface area contributed by atoms with Crippen LogP contribution in [0.25, 0.3) is 21.2 Å². The molecule has 4 aromatic rings. The Kier molecular flexibility index (Phi) is 4.72. The van der Waals surface area contributed by atoms with Gasteiger partial charge >= 0.3 is 0 Å². The third kappa shape index (κ3) is 3.36. The number of carbonyl (C=O) groups excluding carboxylic acids is 1. The van der Waals surface area contributed by atoms with E-state index in [2.05, 4.69) is 11.6 Å². The number of hydrogen-bond acceptors (Lipinski definition) is 6. The highest BCUT2D eigenvalue weighted by atomic mass is 32.2. The van der Waals surface area contributed by atoms with Crippen molar-refractivity contribution in [1.29, 1.82) is 0 Å². The number of fused-ring (bicyclic) bond motifs is 2. The molecule has 0 unspecified atom stereocenters. The van der Waals surface area contributed by atoms with E-state index < -0.39 is 0 Å². The third-order valence-electron chi connectivity index (χ3n) is 4.08. The van der Waals surface area contributed by atoms with Crippen molar-refractivity contribution >= 4 is 50.1 Å². The van der Waals surface area contributed by atoms with Gasteiger partial charge in [0, 0.05) is 16.8 Å². The first kappa shape index (κ1) is 17.8. The summed E-state index contributed by atoms with van der Waals surface area (Å²) in [5.41, 5.74) is 0.575. The van der Waals surface area contributed by atoms with Gasteiger partial charge in [-0.1, -0.05) is 36.0 Å². The number of ketones is 1. The monoisotopic (exact) mass is 396 g/mol. The summed E-state index contributed by atoms with van der Waals surface area (Å²) in [6.07, 6.45) is 1.65. The molecule has 0 radical (unpaired) electrons. The van der Waals surface area contributed by atoms with Crippen LogP contribution < -0.4 is 5.56 Å². The molecule has 0 amide bonds. The fraction of sp³-hybridized carbons (Fsp3) is 0.150. The molecule has 0 saturated carbocycles. The van der Waals surface area contributed by atoms with Gasteiger partial charge < -0.3 is 4.42 Å². The van der Waals surface area contributed by atoms with E-state index in [1.54, 1.807) is 16.7 Å². The number of rotatable bonds is 6. The van der Waals surface area contributed by atoms with Gasteiger partial charge in [-0.3, -0.25) is 14.2 Å². The average molecular weight is 396 g/mol. The smallest absolute Gasteiger partial charge is 0.263 e. The van der Waals surface area contributed by atoms with Gasteiger partial charge in [-0.2, -0.15) is 0 Å². The van der Waals surface area contributed by atoms with Crippen LogP contribution in [0.1, 0.15) is 15.4 Å². The maximum atomic E-state index is 12.7. The molecule has 0 saturated heterocycles. The number of allylic oxidation sites excluding steroid dienone is 1. The molecule has 5 nitrogen and oxygen atoms in total. The Morgan fingerprint density at radius 3 is 2.96 bits per heavy atom. The highest BCUT2D eigenvalue weighted by molar-refractivity contribution is 7.99. The summed E-state index contributed by atoms with van der Waals surface area (Å²) in [5.74, 6) is 0.312. The molecule has 0 N–H and O–H groups in total. The molecule has 3 heterocycles. The summed E-state index contributed by atoms with van der Waals surface area (Å²) >= 11 is 2.71. The Hall–Kier alpha value is -2.64. The van der Waals surface area contributed by atoms with Gasteiger partial charge in [0.05, 0.1) is 11.1 Å². The van der Waals surface area contributed by atoms with Gasteiger partial charge in [-0.15, -0.1) is 17.9 Å². The Balaban J connectivity index is 1.64. The summed E-state index contributed by atoms with van der Waals surface area (Å²) in [4.78, 5) is 31.6. The quantitative estimate of drug-likeness (QED) is 0.205. The number of aryl methyl sites for hydroxylation is 1. The number of aromatic nitrogens is 2. The van der Waals surface area contributed by atoms with Crippen LogP contribution >= 0.6 is 23.1 Å². The molecule has 0 aliphatic heterocycles. The van der Waals surface area contributed by atoms with E-state index in [-0.39, 0.29) is 17.1 Å². The van der Waals surface area contributed by atoms with Crippen molar-refractivity contribution in [3.8, 4) is 0 Å². The molecule has 4 rings (SSSR count). The van der Waals surface area contributed by atoms with Crippen molar-refractivity contribution < 1.29 is 9.21 Å². The van der Waals surface area contributed by atoms with Crippen LogP contribution in [0.3, 0.4) is 0 Å². The standard InChI is InChI=1S/C20H16N2O3S2/c1-3-8-22-19(24)14-9-12(2)27-18(14)21-20(22)26-11-15(23)17-10-13-6-4-5-7-16(13)25-17/h3-7,9-10H,1,8,11H2,2H3. The number of Topliss-reactive ketones (excluding diaryl/α,β-unsaturated/α-hetero) is 1. The molecule has 0 bridgehead atoms. The molecule has 3 aromatic heterocycles.